The topological polar surface area (TPSA) is 91.3 Å². The quantitative estimate of drug-likeness (QED) is 0.569. The van der Waals surface area contributed by atoms with Gasteiger partial charge in [0.25, 0.3) is 5.95 Å². The minimum absolute atomic E-state index is 0.0955. The smallest absolute Gasteiger partial charge is 0.526 e. The van der Waals surface area contributed by atoms with Gasteiger partial charge < -0.3 is 23.9 Å². The van der Waals surface area contributed by atoms with Crippen LogP contribution in [0.15, 0.2) is 42.2 Å². The number of carbonyl (C=O) groups excluding carboxylic acids is 2. The first kappa shape index (κ1) is 20.0. The molecule has 1 N–H and O–H groups in total. The maximum Gasteiger partial charge on any atom is 0.526 e. The lowest BCUT2D eigenvalue weighted by Crippen LogP contribution is -2.36. The van der Waals surface area contributed by atoms with E-state index in [1.54, 1.807) is 19.1 Å². The van der Waals surface area contributed by atoms with Crippen LogP contribution in [0.2, 0.25) is 5.82 Å². The number of allylic oxidation sites excluding steroid dienone is 1. The molecule has 0 fully saturated rings. The summed E-state index contributed by atoms with van der Waals surface area (Å²) in [5.74, 6) is 0.441. The second kappa shape index (κ2) is 8.52. The Kier molecular flexibility index (Phi) is 6.09. The molecule has 0 aliphatic carbocycles. The van der Waals surface area contributed by atoms with Crippen molar-refractivity contribution >= 4 is 18.9 Å². The van der Waals surface area contributed by atoms with Crippen molar-refractivity contribution in [3.8, 4) is 5.75 Å². The van der Waals surface area contributed by atoms with Crippen molar-refractivity contribution in [3.05, 3.63) is 53.4 Å². The number of ketones is 1. The number of hydrogen-bond acceptors (Lipinski definition) is 7. The van der Waals surface area contributed by atoms with Gasteiger partial charge in [-0.2, -0.15) is 0 Å². The summed E-state index contributed by atoms with van der Waals surface area (Å²) in [7, 11) is -1.15. The third-order valence-electron chi connectivity index (χ3n) is 4.69. The van der Waals surface area contributed by atoms with Gasteiger partial charge in [-0.05, 0) is 38.0 Å². The number of hydrogen-bond donors (Lipinski definition) is 1. The summed E-state index contributed by atoms with van der Waals surface area (Å²) >= 11 is 0. The predicted molar refractivity (Wildman–Crippen MR) is 101 cm³/mol. The number of para-hydroxylation sites is 1. The van der Waals surface area contributed by atoms with E-state index in [4.69, 9.17) is 18.9 Å². The molecular formula is C20H23BO7. The van der Waals surface area contributed by atoms with E-state index >= 15 is 0 Å². The molecule has 1 aromatic carbocycles. The molecule has 0 bridgehead atoms. The van der Waals surface area contributed by atoms with Gasteiger partial charge in [-0.3, -0.25) is 4.79 Å². The fourth-order valence-electron chi connectivity index (χ4n) is 3.29. The van der Waals surface area contributed by atoms with Crippen LogP contribution in [0.4, 0.5) is 0 Å². The summed E-state index contributed by atoms with van der Waals surface area (Å²) in [6.07, 6.45) is 1.95. The molecule has 0 saturated carbocycles. The molecule has 0 radical (unpaired) electrons. The Morgan fingerprint density at radius 2 is 2.14 bits per heavy atom. The van der Waals surface area contributed by atoms with E-state index in [9.17, 15) is 14.6 Å². The van der Waals surface area contributed by atoms with Crippen LogP contribution in [-0.2, 0) is 25.4 Å². The van der Waals surface area contributed by atoms with Crippen LogP contribution in [0, 0.1) is 0 Å². The van der Waals surface area contributed by atoms with E-state index in [0.29, 0.717) is 24.4 Å². The highest BCUT2D eigenvalue weighted by molar-refractivity contribution is 6.47. The van der Waals surface area contributed by atoms with Crippen molar-refractivity contribution in [1.82, 2.24) is 0 Å². The third kappa shape index (κ3) is 4.39. The van der Waals surface area contributed by atoms with Gasteiger partial charge in [-0.15, -0.1) is 0 Å². The van der Waals surface area contributed by atoms with E-state index in [1.165, 1.54) is 0 Å². The number of rotatable bonds is 7. The van der Waals surface area contributed by atoms with Crippen LogP contribution in [-0.4, -0.2) is 30.5 Å². The van der Waals surface area contributed by atoms with Crippen LogP contribution < -0.4 is 4.65 Å². The standard InChI is InChI=1S/C20H23BO7/c1-4-6-16(22)10-15-9-14-7-5-8-17(19(14)28-21(15)24)20(23)25-11-18-12(2)26-13(3)27-18/h5,7-8,15,24H,3-4,6,9-11H2,1-2H3/t15-/m1/s1. The summed E-state index contributed by atoms with van der Waals surface area (Å²) in [5, 5.41) is 10.3. The molecule has 0 aromatic heterocycles. The Balaban J connectivity index is 1.70. The number of benzene rings is 1. The molecule has 7 nitrogen and oxygen atoms in total. The number of ether oxygens (including phenoxy) is 3. The number of Topliss-reactive ketones (excluding diaryl/α,β-unsaturated/α-hetero) is 1. The molecule has 1 aromatic rings. The van der Waals surface area contributed by atoms with Crippen LogP contribution >= 0.6 is 0 Å². The van der Waals surface area contributed by atoms with Crippen LogP contribution in [0.3, 0.4) is 0 Å². The summed E-state index contributed by atoms with van der Waals surface area (Å²) < 4.78 is 21.3. The Morgan fingerprint density at radius 1 is 1.36 bits per heavy atom. The minimum Gasteiger partial charge on any atom is -0.535 e. The summed E-state index contributed by atoms with van der Waals surface area (Å²) in [5.41, 5.74) is 0.976. The van der Waals surface area contributed by atoms with E-state index < -0.39 is 13.1 Å². The fourth-order valence-corrected chi connectivity index (χ4v) is 3.29. The van der Waals surface area contributed by atoms with Crippen molar-refractivity contribution in [2.45, 2.75) is 45.3 Å². The van der Waals surface area contributed by atoms with E-state index in [1.807, 2.05) is 13.0 Å². The van der Waals surface area contributed by atoms with Gasteiger partial charge in [0.15, 0.2) is 12.4 Å². The second-order valence-electron chi connectivity index (χ2n) is 6.89. The van der Waals surface area contributed by atoms with Gasteiger partial charge in [-0.1, -0.05) is 19.1 Å². The summed E-state index contributed by atoms with van der Waals surface area (Å²) in [4.78, 5) is 24.5. The second-order valence-corrected chi connectivity index (χ2v) is 6.89. The van der Waals surface area contributed by atoms with Crippen LogP contribution in [0.5, 0.6) is 5.75 Å². The Morgan fingerprint density at radius 3 is 2.82 bits per heavy atom. The number of fused-ring (bicyclic) bond motifs is 1. The zero-order valence-corrected chi connectivity index (χ0v) is 16.0. The van der Waals surface area contributed by atoms with Crippen LogP contribution in [0.25, 0.3) is 0 Å². The van der Waals surface area contributed by atoms with Crippen molar-refractivity contribution < 1.29 is 33.5 Å². The zero-order chi connectivity index (χ0) is 20.3. The van der Waals surface area contributed by atoms with E-state index in [-0.39, 0.29) is 41.9 Å². The molecule has 148 valence electrons. The predicted octanol–water partition coefficient (Wildman–Crippen LogP) is 3.14. The largest absolute Gasteiger partial charge is 0.535 e. The first-order valence-corrected chi connectivity index (χ1v) is 9.28. The van der Waals surface area contributed by atoms with Crippen molar-refractivity contribution in [1.29, 1.82) is 0 Å². The lowest BCUT2D eigenvalue weighted by Gasteiger charge is -2.28. The summed E-state index contributed by atoms with van der Waals surface area (Å²) in [6, 6.07) is 5.12. The lowest BCUT2D eigenvalue weighted by atomic mass is 9.64. The number of carbonyl (C=O) groups is 2. The van der Waals surface area contributed by atoms with Gasteiger partial charge >= 0.3 is 13.1 Å². The zero-order valence-electron chi connectivity index (χ0n) is 16.0. The highest BCUT2D eigenvalue weighted by Gasteiger charge is 2.37. The minimum atomic E-state index is -1.15. The fraction of sp³-hybridized carbons (Fsp3) is 0.400. The molecule has 0 spiro atoms. The van der Waals surface area contributed by atoms with E-state index in [0.717, 1.165) is 12.0 Å². The first-order valence-electron chi connectivity index (χ1n) is 9.28. The molecule has 0 unspecified atom stereocenters. The maximum atomic E-state index is 12.5. The molecular weight excluding hydrogens is 363 g/mol. The molecule has 0 saturated heterocycles. The summed E-state index contributed by atoms with van der Waals surface area (Å²) in [6.45, 7) is 7.06. The normalized spacial score (nSPS) is 18.2. The first-order chi connectivity index (χ1) is 13.4. The molecule has 2 aliphatic rings. The average Bonchev–Trinajstić information content (AvgIpc) is 2.97. The highest BCUT2D eigenvalue weighted by Crippen LogP contribution is 2.37. The monoisotopic (exact) mass is 386 g/mol. The van der Waals surface area contributed by atoms with Crippen molar-refractivity contribution in [3.63, 3.8) is 0 Å². The van der Waals surface area contributed by atoms with E-state index in [2.05, 4.69) is 6.58 Å². The molecule has 2 heterocycles. The lowest BCUT2D eigenvalue weighted by molar-refractivity contribution is -0.119. The SMILES string of the molecule is C=C1OC(C)=C(COC(=O)c2cccc3c2OB(O)[C@@H](CC(=O)CCC)C3)O1. The van der Waals surface area contributed by atoms with Crippen molar-refractivity contribution in [2.75, 3.05) is 6.61 Å². The highest BCUT2D eigenvalue weighted by atomic mass is 16.7. The average molecular weight is 386 g/mol. The molecule has 2 aliphatic heterocycles. The van der Waals surface area contributed by atoms with Gasteiger partial charge in [0.05, 0.1) is 0 Å². The Hall–Kier alpha value is -2.74. The molecule has 8 heteroatoms. The molecule has 28 heavy (non-hydrogen) atoms. The van der Waals surface area contributed by atoms with Crippen molar-refractivity contribution in [2.24, 2.45) is 0 Å². The third-order valence-corrected chi connectivity index (χ3v) is 4.69. The maximum absolute atomic E-state index is 12.5. The Labute approximate surface area is 164 Å². The van der Waals surface area contributed by atoms with Crippen LogP contribution in [0.1, 0.15) is 49.0 Å². The van der Waals surface area contributed by atoms with Gasteiger partial charge in [0.2, 0.25) is 0 Å². The molecule has 1 atom stereocenters. The molecule has 0 amide bonds. The molecule has 3 rings (SSSR count). The van der Waals surface area contributed by atoms with Gasteiger partial charge in [0.1, 0.15) is 22.9 Å². The van der Waals surface area contributed by atoms with Gasteiger partial charge in [0, 0.05) is 18.7 Å². The number of esters is 1. The van der Waals surface area contributed by atoms with Gasteiger partial charge in [-0.25, -0.2) is 4.79 Å². The Bertz CT molecular complexity index is 830.